The summed E-state index contributed by atoms with van der Waals surface area (Å²) >= 11 is 0.941. The Labute approximate surface area is 172 Å². The zero-order valence-electron chi connectivity index (χ0n) is 16.4. The molecule has 2 aromatic carbocycles. The summed E-state index contributed by atoms with van der Waals surface area (Å²) in [6.45, 7) is 4.41. The zero-order chi connectivity index (χ0) is 21.0. The number of ether oxygens (including phenoxy) is 1. The Balaban J connectivity index is 2.08. The first-order valence-corrected chi connectivity index (χ1v) is 10.6. The van der Waals surface area contributed by atoms with E-state index in [1.165, 1.54) is 12.1 Å². The summed E-state index contributed by atoms with van der Waals surface area (Å²) in [5, 5.41) is 0.716. The third-order valence-electron chi connectivity index (χ3n) is 4.77. The minimum absolute atomic E-state index is 0.0613. The topological polar surface area (TPSA) is 26.3 Å². The maximum atomic E-state index is 13.8. The predicted octanol–water partition coefficient (Wildman–Crippen LogP) is 7.08. The molecule has 154 valence electrons. The maximum absolute atomic E-state index is 13.8. The highest BCUT2D eigenvalue weighted by Gasteiger charge is 2.34. The lowest BCUT2D eigenvalue weighted by molar-refractivity contribution is -0.137. The van der Waals surface area contributed by atoms with Crippen LogP contribution in [0, 0.1) is 0 Å². The van der Waals surface area contributed by atoms with E-state index in [0.29, 0.717) is 34.4 Å². The van der Waals surface area contributed by atoms with Gasteiger partial charge in [-0.15, -0.1) is 0 Å². The third kappa shape index (κ3) is 4.99. The van der Waals surface area contributed by atoms with Gasteiger partial charge in [-0.25, -0.2) is 0 Å². The molecule has 0 unspecified atom stereocenters. The Bertz CT molecular complexity index is 1050. The van der Waals surface area contributed by atoms with Crippen molar-refractivity contribution in [1.29, 1.82) is 0 Å². The molecule has 29 heavy (non-hydrogen) atoms. The van der Waals surface area contributed by atoms with Crippen LogP contribution in [-0.4, -0.2) is 6.61 Å². The summed E-state index contributed by atoms with van der Waals surface area (Å²) in [5.41, 5.74) is -0.0817. The van der Waals surface area contributed by atoms with Crippen LogP contribution in [0.5, 0.6) is 5.75 Å². The number of hydrogen-bond acceptors (Lipinski definition) is 3. The minimum atomic E-state index is -4.53. The van der Waals surface area contributed by atoms with Gasteiger partial charge in [-0.1, -0.05) is 43.2 Å². The van der Waals surface area contributed by atoms with Crippen molar-refractivity contribution >= 4 is 21.4 Å². The fraction of sp³-hybridized carbons (Fsp3) is 0.348. The highest BCUT2D eigenvalue weighted by atomic mass is 32.1. The molecule has 0 bridgehead atoms. The van der Waals surface area contributed by atoms with Gasteiger partial charge in [0.1, 0.15) is 5.75 Å². The molecule has 3 rings (SSSR count). The molecule has 1 aromatic heterocycles. The first kappa shape index (κ1) is 21.4. The highest BCUT2D eigenvalue weighted by molar-refractivity contribution is 7.16. The first-order chi connectivity index (χ1) is 13.8. The van der Waals surface area contributed by atoms with Gasteiger partial charge in [-0.05, 0) is 66.6 Å². The predicted molar refractivity (Wildman–Crippen MR) is 113 cm³/mol. The van der Waals surface area contributed by atoms with Crippen LogP contribution in [0.2, 0.25) is 0 Å². The van der Waals surface area contributed by atoms with E-state index in [1.807, 2.05) is 6.92 Å². The van der Waals surface area contributed by atoms with Gasteiger partial charge < -0.3 is 4.74 Å². The molecule has 0 aliphatic heterocycles. The lowest BCUT2D eigenvalue weighted by Gasteiger charge is -2.15. The van der Waals surface area contributed by atoms with Gasteiger partial charge in [0, 0.05) is 10.3 Å². The molecule has 0 aliphatic carbocycles. The Morgan fingerprint density at radius 2 is 1.76 bits per heavy atom. The highest BCUT2D eigenvalue weighted by Crippen LogP contribution is 2.38. The van der Waals surface area contributed by atoms with E-state index in [-0.39, 0.29) is 11.1 Å². The van der Waals surface area contributed by atoms with E-state index in [4.69, 9.17) is 4.74 Å². The average molecular weight is 420 g/mol. The van der Waals surface area contributed by atoms with E-state index >= 15 is 0 Å². The third-order valence-corrected chi connectivity index (χ3v) is 5.75. The fourth-order valence-electron chi connectivity index (χ4n) is 3.33. The van der Waals surface area contributed by atoms with Crippen molar-refractivity contribution in [1.82, 2.24) is 0 Å². The van der Waals surface area contributed by atoms with Gasteiger partial charge in [0.2, 0.25) is 4.74 Å². The van der Waals surface area contributed by atoms with Gasteiger partial charge >= 0.3 is 6.18 Å². The van der Waals surface area contributed by atoms with Crippen LogP contribution in [0.25, 0.3) is 21.2 Å². The molecule has 0 N–H and O–H groups in total. The minimum Gasteiger partial charge on any atom is -0.494 e. The average Bonchev–Trinajstić information content (AvgIpc) is 2.67. The summed E-state index contributed by atoms with van der Waals surface area (Å²) in [7, 11) is 0. The summed E-state index contributed by atoms with van der Waals surface area (Å²) in [6.07, 6.45) is -1.10. The molecule has 0 saturated carbocycles. The lowest BCUT2D eigenvalue weighted by atomic mass is 9.96. The van der Waals surface area contributed by atoms with Crippen LogP contribution in [0.4, 0.5) is 13.2 Å². The van der Waals surface area contributed by atoms with Crippen molar-refractivity contribution in [3.8, 4) is 16.9 Å². The molecule has 0 spiro atoms. The van der Waals surface area contributed by atoms with E-state index in [1.54, 1.807) is 30.3 Å². The Kier molecular flexibility index (Phi) is 6.63. The molecule has 1 heterocycles. The second-order valence-corrected chi connectivity index (χ2v) is 7.93. The number of halogens is 3. The van der Waals surface area contributed by atoms with Gasteiger partial charge in [0.15, 0.2) is 0 Å². The second-order valence-electron chi connectivity index (χ2n) is 6.91. The van der Waals surface area contributed by atoms with Crippen LogP contribution < -0.4 is 9.48 Å². The molecule has 0 amide bonds. The van der Waals surface area contributed by atoms with E-state index in [2.05, 4.69) is 6.92 Å². The molecular weight excluding hydrogens is 397 g/mol. The molecule has 0 fully saturated rings. The molecule has 0 radical (unpaired) electrons. The zero-order valence-corrected chi connectivity index (χ0v) is 17.3. The van der Waals surface area contributed by atoms with Gasteiger partial charge in [0.25, 0.3) is 0 Å². The molecule has 0 saturated heterocycles. The SMILES string of the molecule is CCCCCc1ccc(-c2cc3ccc(OCC)cc3sc2=O)c(C(F)(F)F)c1. The largest absolute Gasteiger partial charge is 0.494 e. The van der Waals surface area contributed by atoms with Crippen LogP contribution in [0.1, 0.15) is 44.2 Å². The number of fused-ring (bicyclic) bond motifs is 1. The fourth-order valence-corrected chi connectivity index (χ4v) is 4.23. The molecule has 0 aliphatic rings. The van der Waals surface area contributed by atoms with Crippen molar-refractivity contribution in [2.75, 3.05) is 6.61 Å². The van der Waals surface area contributed by atoms with Crippen molar-refractivity contribution in [3.05, 3.63) is 63.1 Å². The standard InChI is InChI=1S/C23H23F3O2S/c1-3-5-6-7-15-8-11-18(20(12-15)23(24,25)26)19-13-16-9-10-17(28-4-2)14-21(16)29-22(19)27/h8-14H,3-7H2,1-2H3. The van der Waals surface area contributed by atoms with Crippen molar-refractivity contribution in [2.45, 2.75) is 45.7 Å². The van der Waals surface area contributed by atoms with E-state index < -0.39 is 16.5 Å². The van der Waals surface area contributed by atoms with E-state index in [9.17, 15) is 18.0 Å². The number of benzene rings is 2. The Morgan fingerprint density at radius 3 is 2.45 bits per heavy atom. The molecule has 6 heteroatoms. The second kappa shape index (κ2) is 8.99. The van der Waals surface area contributed by atoms with Crippen molar-refractivity contribution in [3.63, 3.8) is 0 Å². The monoisotopic (exact) mass is 420 g/mol. The Morgan fingerprint density at radius 1 is 0.966 bits per heavy atom. The number of hydrogen-bond donors (Lipinski definition) is 0. The molecule has 3 aromatic rings. The molecule has 0 atom stereocenters. The van der Waals surface area contributed by atoms with Crippen LogP contribution in [0.15, 0.2) is 47.3 Å². The number of unbranched alkanes of at least 4 members (excludes halogenated alkanes) is 2. The summed E-state index contributed by atoms with van der Waals surface area (Å²) in [4.78, 5) is 12.7. The van der Waals surface area contributed by atoms with Gasteiger partial charge in [-0.2, -0.15) is 13.2 Å². The van der Waals surface area contributed by atoms with E-state index in [0.717, 1.165) is 30.6 Å². The Hall–Kier alpha value is -2.34. The normalized spacial score (nSPS) is 11.8. The molecule has 2 nitrogen and oxygen atoms in total. The summed E-state index contributed by atoms with van der Waals surface area (Å²) in [5.74, 6) is 0.635. The van der Waals surface area contributed by atoms with Gasteiger partial charge in [-0.3, -0.25) is 4.79 Å². The maximum Gasteiger partial charge on any atom is 0.417 e. The summed E-state index contributed by atoms with van der Waals surface area (Å²) < 4.78 is 47.0. The summed E-state index contributed by atoms with van der Waals surface area (Å²) in [6, 6.07) is 11.2. The number of rotatable bonds is 7. The molecular formula is C23H23F3O2S. The van der Waals surface area contributed by atoms with Crippen LogP contribution >= 0.6 is 11.3 Å². The number of aryl methyl sites for hydroxylation is 1. The lowest BCUT2D eigenvalue weighted by Crippen LogP contribution is -2.11. The van der Waals surface area contributed by atoms with Crippen LogP contribution in [-0.2, 0) is 12.6 Å². The first-order valence-electron chi connectivity index (χ1n) is 9.74. The van der Waals surface area contributed by atoms with Crippen molar-refractivity contribution in [2.24, 2.45) is 0 Å². The van der Waals surface area contributed by atoms with Gasteiger partial charge in [0.05, 0.1) is 12.2 Å². The smallest absolute Gasteiger partial charge is 0.417 e. The number of alkyl halides is 3. The van der Waals surface area contributed by atoms with Crippen molar-refractivity contribution < 1.29 is 17.9 Å². The quantitative estimate of drug-likeness (QED) is 0.382. The van der Waals surface area contributed by atoms with Crippen LogP contribution in [0.3, 0.4) is 0 Å².